The third kappa shape index (κ3) is 8.11. The van der Waals surface area contributed by atoms with Gasteiger partial charge in [-0.15, -0.1) is 0 Å². The molecule has 1 aromatic carbocycles. The number of aromatic carboxylic acids is 1. The van der Waals surface area contributed by atoms with Crippen LogP contribution in [0.15, 0.2) is 24.3 Å². The van der Waals surface area contributed by atoms with E-state index in [1.165, 1.54) is 17.1 Å². The lowest BCUT2D eigenvalue weighted by molar-refractivity contribution is -0.142. The van der Waals surface area contributed by atoms with Gasteiger partial charge in [0, 0.05) is 29.1 Å². The number of halogens is 2. The van der Waals surface area contributed by atoms with Gasteiger partial charge in [0.15, 0.2) is 0 Å². The average Bonchev–Trinajstić information content (AvgIpc) is 3.65. The van der Waals surface area contributed by atoms with Crippen molar-refractivity contribution in [2.75, 3.05) is 25.2 Å². The molecule has 2 heterocycles. The summed E-state index contributed by atoms with van der Waals surface area (Å²) < 4.78 is 34.0. The number of hydrogen-bond donors (Lipinski definition) is 3. The van der Waals surface area contributed by atoms with E-state index in [0.717, 1.165) is 32.1 Å². The number of alkyl halides is 2. The summed E-state index contributed by atoms with van der Waals surface area (Å²) in [7, 11) is 0. The van der Waals surface area contributed by atoms with E-state index < -0.39 is 43.1 Å². The van der Waals surface area contributed by atoms with E-state index in [-0.39, 0.29) is 41.8 Å². The van der Waals surface area contributed by atoms with Gasteiger partial charge < -0.3 is 29.9 Å². The lowest BCUT2D eigenvalue weighted by Gasteiger charge is -2.37. The molecule has 1 aliphatic heterocycles. The van der Waals surface area contributed by atoms with Gasteiger partial charge in [-0.25, -0.2) is 18.4 Å². The molecule has 3 atom stereocenters. The normalized spacial score (nSPS) is 24.3. The van der Waals surface area contributed by atoms with Gasteiger partial charge in [0.2, 0.25) is 11.8 Å². The summed E-state index contributed by atoms with van der Waals surface area (Å²) in [6, 6.07) is 5.22. The van der Waals surface area contributed by atoms with Crippen LogP contribution >= 0.6 is 0 Å². The number of carboxylic acids is 1. The summed E-state index contributed by atoms with van der Waals surface area (Å²) in [6.07, 6.45) is 7.82. The zero-order valence-electron chi connectivity index (χ0n) is 28.3. The third-order valence-electron chi connectivity index (χ3n) is 10.5. The Hall–Kier alpha value is -3.70. The fraction of sp³-hybridized carbons (Fsp3) is 0.667. The number of rotatable bonds is 10. The number of nitrogens with zero attached hydrogens (tertiary/aromatic N) is 2. The van der Waals surface area contributed by atoms with Crippen LogP contribution in [0.5, 0.6) is 0 Å². The van der Waals surface area contributed by atoms with Crippen LogP contribution in [0, 0.1) is 23.7 Å². The Kier molecular flexibility index (Phi) is 11.3. The highest BCUT2D eigenvalue weighted by atomic mass is 19.1. The minimum absolute atomic E-state index is 0.0239. The molecular formula is C36H50F2N4O6. The molecule has 3 fully saturated rings. The molecule has 0 unspecified atom stereocenters. The maximum absolute atomic E-state index is 14.1. The molecular weight excluding hydrogens is 622 g/mol. The molecule has 3 aliphatic rings. The van der Waals surface area contributed by atoms with E-state index in [1.807, 2.05) is 0 Å². The van der Waals surface area contributed by atoms with Crippen LogP contribution in [-0.4, -0.2) is 76.0 Å². The van der Waals surface area contributed by atoms with Crippen molar-refractivity contribution < 1.29 is 37.8 Å². The number of likely N-dealkylation sites (tertiary alicyclic amines) is 1. The van der Waals surface area contributed by atoms with E-state index in [0.29, 0.717) is 54.7 Å². The molecule has 2 aromatic rings. The quantitative estimate of drug-likeness (QED) is 0.257. The highest BCUT2D eigenvalue weighted by molar-refractivity contribution is 6.01. The lowest BCUT2D eigenvalue weighted by Crippen LogP contribution is -2.50. The molecule has 3 amide bonds. The highest BCUT2D eigenvalue weighted by Crippen LogP contribution is 2.41. The van der Waals surface area contributed by atoms with Crippen molar-refractivity contribution in [1.29, 1.82) is 0 Å². The summed E-state index contributed by atoms with van der Waals surface area (Å²) in [6.45, 7) is 4.24. The molecule has 12 heteroatoms. The number of carbonyl (C=O) groups is 4. The maximum Gasteiger partial charge on any atom is 0.407 e. The molecule has 2 saturated carbocycles. The maximum atomic E-state index is 14.1. The van der Waals surface area contributed by atoms with E-state index >= 15 is 0 Å². The molecule has 48 heavy (non-hydrogen) atoms. The van der Waals surface area contributed by atoms with Crippen molar-refractivity contribution in [3.8, 4) is 0 Å². The van der Waals surface area contributed by atoms with Gasteiger partial charge >= 0.3 is 12.1 Å². The number of ether oxygens (including phenoxy) is 1. The van der Waals surface area contributed by atoms with E-state index in [4.69, 9.17) is 4.74 Å². The highest BCUT2D eigenvalue weighted by Gasteiger charge is 2.47. The van der Waals surface area contributed by atoms with E-state index in [1.54, 1.807) is 43.9 Å². The Labute approximate surface area is 280 Å². The van der Waals surface area contributed by atoms with Gasteiger partial charge in [0.1, 0.15) is 30.7 Å². The fourth-order valence-electron chi connectivity index (χ4n) is 8.27. The van der Waals surface area contributed by atoms with Gasteiger partial charge in [0.05, 0.1) is 12.6 Å². The van der Waals surface area contributed by atoms with E-state index in [9.17, 15) is 33.1 Å². The summed E-state index contributed by atoms with van der Waals surface area (Å²) in [5, 5.41) is 15.9. The van der Waals surface area contributed by atoms with Crippen molar-refractivity contribution in [1.82, 2.24) is 14.8 Å². The summed E-state index contributed by atoms with van der Waals surface area (Å²) >= 11 is 0. The second-order valence-corrected chi connectivity index (χ2v) is 14.8. The topological polar surface area (TPSA) is 130 Å². The number of benzene rings is 1. The second-order valence-electron chi connectivity index (χ2n) is 14.8. The molecule has 0 bridgehead atoms. The minimum Gasteiger partial charge on any atom is -0.477 e. The first-order valence-corrected chi connectivity index (χ1v) is 17.5. The first-order valence-electron chi connectivity index (χ1n) is 17.5. The molecule has 3 N–H and O–H groups in total. The molecule has 5 rings (SSSR count). The van der Waals surface area contributed by atoms with Crippen molar-refractivity contribution in [3.63, 3.8) is 0 Å². The van der Waals surface area contributed by atoms with Crippen LogP contribution in [0.3, 0.4) is 0 Å². The second kappa shape index (κ2) is 15.2. The predicted molar refractivity (Wildman–Crippen MR) is 178 cm³/mol. The molecule has 0 radical (unpaired) electrons. The molecule has 1 saturated heterocycles. The Bertz CT molecular complexity index is 1470. The number of anilines is 1. The van der Waals surface area contributed by atoms with Gasteiger partial charge in [-0.3, -0.25) is 9.59 Å². The Morgan fingerprint density at radius 2 is 1.69 bits per heavy atom. The van der Waals surface area contributed by atoms with Crippen molar-refractivity contribution in [2.24, 2.45) is 23.7 Å². The summed E-state index contributed by atoms with van der Waals surface area (Å²) in [4.78, 5) is 54.1. The Morgan fingerprint density at radius 3 is 2.31 bits per heavy atom. The smallest absolute Gasteiger partial charge is 0.407 e. The number of amides is 3. The van der Waals surface area contributed by atoms with Crippen molar-refractivity contribution in [3.05, 3.63) is 30.0 Å². The summed E-state index contributed by atoms with van der Waals surface area (Å²) in [5.74, 6) is -1.48. The first-order chi connectivity index (χ1) is 22.9. The zero-order chi connectivity index (χ0) is 34.6. The zero-order valence-corrected chi connectivity index (χ0v) is 28.3. The summed E-state index contributed by atoms with van der Waals surface area (Å²) in [5.41, 5.74) is 0.331. The number of aryl methyl sites for hydroxylation is 1. The standard InChI is InChI=1S/C36H50F2N4O6/c1-36(2,3)48-35(47)40-28(21-38)23-9-11-24(12-10-23)33(44)42-17-15-27(22-7-5-4-6-8-22)31(42)32(43)39-26-13-14-29-25(19-26)20-30(34(45)46)41(29)18-16-37/h13-14,19-20,22-24,27-28,31H,4-12,15-18,21H2,1-3H3,(H,39,43)(H,40,47)(H,45,46)/t23?,24?,27-,28+,31+/m0/s1. The van der Waals surface area contributed by atoms with Crippen LogP contribution in [0.25, 0.3) is 10.9 Å². The number of alkyl carbamates (subject to hydrolysis) is 1. The van der Waals surface area contributed by atoms with Gasteiger partial charge in [-0.1, -0.05) is 32.1 Å². The number of aromatic nitrogens is 1. The fourth-order valence-corrected chi connectivity index (χ4v) is 8.27. The van der Waals surface area contributed by atoms with Crippen molar-refractivity contribution in [2.45, 2.75) is 109 Å². The Balaban J connectivity index is 1.30. The first kappa shape index (κ1) is 35.6. The Morgan fingerprint density at radius 1 is 0.979 bits per heavy atom. The van der Waals surface area contributed by atoms with E-state index in [2.05, 4.69) is 10.6 Å². The van der Waals surface area contributed by atoms with Crippen LogP contribution in [0.1, 0.15) is 95.5 Å². The average molecular weight is 673 g/mol. The monoisotopic (exact) mass is 672 g/mol. The van der Waals surface area contributed by atoms with Crippen LogP contribution in [0.4, 0.5) is 19.3 Å². The number of fused-ring (bicyclic) bond motifs is 1. The van der Waals surface area contributed by atoms with Gasteiger partial charge in [-0.2, -0.15) is 0 Å². The molecule has 2 aliphatic carbocycles. The minimum atomic E-state index is -1.16. The van der Waals surface area contributed by atoms with Gasteiger partial charge in [0.25, 0.3) is 0 Å². The number of carbonyl (C=O) groups excluding carboxylic acids is 3. The molecule has 1 aromatic heterocycles. The predicted octanol–water partition coefficient (Wildman–Crippen LogP) is 6.71. The molecule has 10 nitrogen and oxygen atoms in total. The van der Waals surface area contributed by atoms with Gasteiger partial charge in [-0.05, 0) is 94.9 Å². The largest absolute Gasteiger partial charge is 0.477 e. The van der Waals surface area contributed by atoms with Crippen LogP contribution in [-0.2, 0) is 20.9 Å². The molecule has 264 valence electrons. The van der Waals surface area contributed by atoms with Crippen LogP contribution in [0.2, 0.25) is 0 Å². The van der Waals surface area contributed by atoms with Crippen molar-refractivity contribution >= 4 is 40.5 Å². The SMILES string of the molecule is CC(C)(C)OC(=O)N[C@H](CF)C1CCC(C(=O)N2CC[C@@H](C3CCCCC3)[C@@H]2C(=O)Nc2ccc3c(c2)cc(C(=O)O)n3CCF)CC1. The molecule has 0 spiro atoms. The third-order valence-corrected chi connectivity index (χ3v) is 10.5. The van der Waals surface area contributed by atoms with Crippen LogP contribution < -0.4 is 10.6 Å². The number of nitrogens with one attached hydrogen (secondary N) is 2. The lowest BCUT2D eigenvalue weighted by atomic mass is 9.76. The number of hydrogen-bond acceptors (Lipinski definition) is 5. The number of carboxylic acid groups (broad SMARTS) is 1.